The normalized spacial score (nSPS) is 23.5. The Bertz CT molecular complexity index is 1380. The minimum absolute atomic E-state index is 0.0442. The second kappa shape index (κ2) is 17.4. The number of esters is 2. The lowest BCUT2D eigenvalue weighted by Gasteiger charge is -2.26. The van der Waals surface area contributed by atoms with Crippen LogP contribution in [0, 0.1) is 11.8 Å². The van der Waals surface area contributed by atoms with E-state index in [1.54, 1.807) is 31.2 Å². The number of ether oxygens (including phenoxy) is 3. The molecule has 2 amide bonds. The molecule has 0 aromatic heterocycles. The lowest BCUT2D eigenvalue weighted by molar-refractivity contribution is -0.174. The average molecular weight is 639 g/mol. The molecule has 10 heteroatoms. The van der Waals surface area contributed by atoms with Crippen LogP contribution in [-0.2, 0) is 35.1 Å². The highest BCUT2D eigenvalue weighted by Gasteiger charge is 2.31. The van der Waals surface area contributed by atoms with Crippen LogP contribution in [0.2, 0.25) is 5.02 Å². The van der Waals surface area contributed by atoms with Crippen molar-refractivity contribution in [3.8, 4) is 5.75 Å². The van der Waals surface area contributed by atoms with Gasteiger partial charge >= 0.3 is 11.9 Å². The molecule has 9 nitrogen and oxygen atoms in total. The van der Waals surface area contributed by atoms with E-state index in [9.17, 15) is 19.2 Å². The first-order chi connectivity index (χ1) is 21.4. The molecule has 1 aliphatic heterocycles. The minimum Gasteiger partial charge on any atom is -0.495 e. The van der Waals surface area contributed by atoms with E-state index in [1.165, 1.54) is 13.2 Å². The van der Waals surface area contributed by atoms with Crippen molar-refractivity contribution < 1.29 is 33.4 Å². The van der Waals surface area contributed by atoms with E-state index in [1.807, 2.05) is 63.3 Å². The number of hydrogen-bond acceptors (Lipinski definition) is 7. The first-order valence-electron chi connectivity index (χ1n) is 15.2. The molecule has 0 fully saturated rings. The third kappa shape index (κ3) is 11.7. The fraction of sp³-hybridized carbons (Fsp3) is 0.429. The lowest BCUT2D eigenvalue weighted by atomic mass is 9.99. The zero-order chi connectivity index (χ0) is 32.9. The molecule has 2 aromatic rings. The maximum atomic E-state index is 13.3. The molecule has 0 unspecified atom stereocenters. The van der Waals surface area contributed by atoms with Crippen molar-refractivity contribution in [3.63, 3.8) is 0 Å². The summed E-state index contributed by atoms with van der Waals surface area (Å²) in [5, 5.41) is 5.90. The smallest absolute Gasteiger partial charge is 0.347 e. The van der Waals surface area contributed by atoms with Crippen molar-refractivity contribution >= 4 is 41.4 Å². The van der Waals surface area contributed by atoms with Crippen LogP contribution in [0.1, 0.15) is 58.1 Å². The van der Waals surface area contributed by atoms with E-state index in [0.29, 0.717) is 16.3 Å². The van der Waals surface area contributed by atoms with E-state index >= 15 is 0 Å². The van der Waals surface area contributed by atoms with Crippen LogP contribution in [0.3, 0.4) is 0 Å². The van der Waals surface area contributed by atoms with Crippen LogP contribution in [0.25, 0.3) is 6.08 Å². The molecular formula is C35H43ClN2O7. The van der Waals surface area contributed by atoms with Crippen molar-refractivity contribution in [2.24, 2.45) is 11.8 Å². The highest BCUT2D eigenvalue weighted by Crippen LogP contribution is 2.26. The largest absolute Gasteiger partial charge is 0.495 e. The molecule has 1 aliphatic rings. The number of amides is 2. The van der Waals surface area contributed by atoms with Crippen LogP contribution < -0.4 is 15.4 Å². The zero-order valence-electron chi connectivity index (χ0n) is 26.5. The summed E-state index contributed by atoms with van der Waals surface area (Å²) in [6.07, 6.45) is 5.50. The van der Waals surface area contributed by atoms with Crippen molar-refractivity contribution in [1.82, 2.24) is 10.6 Å². The van der Waals surface area contributed by atoms with Gasteiger partial charge in [0.1, 0.15) is 17.9 Å². The van der Waals surface area contributed by atoms with Crippen molar-refractivity contribution in [1.29, 1.82) is 0 Å². The summed E-state index contributed by atoms with van der Waals surface area (Å²) in [6, 6.07) is 13.2. The summed E-state index contributed by atoms with van der Waals surface area (Å²) < 4.78 is 16.8. The Morgan fingerprint density at radius 3 is 2.42 bits per heavy atom. The Morgan fingerprint density at radius 1 is 1.02 bits per heavy atom. The number of rotatable bonds is 8. The molecule has 3 rings (SSSR count). The van der Waals surface area contributed by atoms with Crippen molar-refractivity contribution in [2.75, 3.05) is 7.11 Å². The highest BCUT2D eigenvalue weighted by atomic mass is 35.5. The fourth-order valence-corrected chi connectivity index (χ4v) is 5.11. The molecule has 2 aromatic carbocycles. The molecule has 0 bridgehead atoms. The molecule has 0 saturated carbocycles. The summed E-state index contributed by atoms with van der Waals surface area (Å²) >= 11 is 6.29. The molecule has 1 heterocycles. The molecule has 0 saturated heterocycles. The van der Waals surface area contributed by atoms with E-state index in [4.69, 9.17) is 25.8 Å². The first-order valence-corrected chi connectivity index (χ1v) is 15.6. The SMILES string of the molecule is COc1ccc(C[C@H]2NC(=O)/C=C/C[C@@H]([C@H](C)/C=C/c3ccccc3)OC(=O)[C@H](CC(C)C)OC(=O)C[C@@H](C)NC2=O)cc1Cl. The second-order valence-electron chi connectivity index (χ2n) is 11.7. The lowest BCUT2D eigenvalue weighted by Crippen LogP contribution is -2.50. The zero-order valence-corrected chi connectivity index (χ0v) is 27.2. The average Bonchev–Trinajstić information content (AvgIpc) is 2.98. The quantitative estimate of drug-likeness (QED) is 0.369. The third-order valence-electron chi connectivity index (χ3n) is 7.26. The number of benzene rings is 2. The van der Waals surface area contributed by atoms with E-state index in [0.717, 1.165) is 5.56 Å². The van der Waals surface area contributed by atoms with Gasteiger partial charge in [0.25, 0.3) is 0 Å². The van der Waals surface area contributed by atoms with E-state index in [2.05, 4.69) is 10.6 Å². The molecule has 5 atom stereocenters. The Labute approximate surface area is 270 Å². The maximum Gasteiger partial charge on any atom is 0.347 e. The summed E-state index contributed by atoms with van der Waals surface area (Å²) in [6.45, 7) is 7.40. The monoisotopic (exact) mass is 638 g/mol. The predicted molar refractivity (Wildman–Crippen MR) is 173 cm³/mol. The minimum atomic E-state index is -1.11. The fourth-order valence-electron chi connectivity index (χ4n) is 4.83. The van der Waals surface area contributed by atoms with Gasteiger partial charge in [0.05, 0.1) is 18.6 Å². The molecular weight excluding hydrogens is 596 g/mol. The summed E-state index contributed by atoms with van der Waals surface area (Å²) in [7, 11) is 1.51. The van der Waals surface area contributed by atoms with Gasteiger partial charge in [-0.25, -0.2) is 4.79 Å². The van der Waals surface area contributed by atoms with E-state index in [-0.39, 0.29) is 37.5 Å². The number of carbonyl (C=O) groups is 4. The molecule has 242 valence electrons. The maximum absolute atomic E-state index is 13.3. The molecule has 0 aliphatic carbocycles. The number of methoxy groups -OCH3 is 1. The summed E-state index contributed by atoms with van der Waals surface area (Å²) in [5.41, 5.74) is 1.69. The van der Waals surface area contributed by atoms with Gasteiger partial charge in [0.15, 0.2) is 6.10 Å². The number of halogens is 1. The van der Waals surface area contributed by atoms with Gasteiger partial charge in [-0.1, -0.05) is 87.0 Å². The van der Waals surface area contributed by atoms with E-state index < -0.39 is 48.0 Å². The van der Waals surface area contributed by atoms with Gasteiger partial charge in [-0.3, -0.25) is 14.4 Å². The van der Waals surface area contributed by atoms with Crippen LogP contribution in [0.5, 0.6) is 5.75 Å². The van der Waals surface area contributed by atoms with Gasteiger partial charge in [-0.05, 0) is 48.6 Å². The van der Waals surface area contributed by atoms with Gasteiger partial charge in [0, 0.05) is 24.8 Å². The number of carbonyl (C=O) groups excluding carboxylic acids is 4. The highest BCUT2D eigenvalue weighted by molar-refractivity contribution is 6.32. The van der Waals surface area contributed by atoms with Crippen LogP contribution in [-0.4, -0.2) is 55.2 Å². The Hall–Kier alpha value is -4.11. The summed E-state index contributed by atoms with van der Waals surface area (Å²) in [5.74, 6) is -1.98. The number of cyclic esters (lactones) is 2. The van der Waals surface area contributed by atoms with Gasteiger partial charge in [-0.15, -0.1) is 0 Å². The van der Waals surface area contributed by atoms with Crippen LogP contribution in [0.15, 0.2) is 66.8 Å². The van der Waals surface area contributed by atoms with Crippen LogP contribution in [0.4, 0.5) is 0 Å². The third-order valence-corrected chi connectivity index (χ3v) is 7.55. The standard InChI is InChI=1S/C35H43ClN2O7/c1-22(2)18-31-35(42)45-29(23(3)14-15-25-10-7-6-8-11-25)12-9-13-32(39)38-28(34(41)37-24(4)19-33(40)44-31)21-26-16-17-30(43-5)27(36)20-26/h6-11,13-17,20,22-24,28-29,31H,12,18-19,21H2,1-5H3,(H,37,41)(H,38,39)/b13-9+,15-14+/t23-,24-,28-,29+,31+/m1/s1. The molecule has 45 heavy (non-hydrogen) atoms. The molecule has 0 radical (unpaired) electrons. The van der Waals surface area contributed by atoms with Crippen LogP contribution >= 0.6 is 11.6 Å². The van der Waals surface area contributed by atoms with Crippen molar-refractivity contribution in [2.45, 2.75) is 77.7 Å². The second-order valence-corrected chi connectivity index (χ2v) is 12.1. The Kier molecular flexibility index (Phi) is 13.7. The van der Waals surface area contributed by atoms with Gasteiger partial charge in [-0.2, -0.15) is 0 Å². The van der Waals surface area contributed by atoms with Gasteiger partial charge in [0.2, 0.25) is 11.8 Å². The Morgan fingerprint density at radius 2 is 1.76 bits per heavy atom. The first kappa shape index (κ1) is 35.4. The van der Waals surface area contributed by atoms with Crippen molar-refractivity contribution in [3.05, 3.63) is 82.9 Å². The molecule has 2 N–H and O–H groups in total. The topological polar surface area (TPSA) is 120 Å². The number of hydrogen-bond donors (Lipinski definition) is 2. The number of nitrogens with one attached hydrogen (secondary N) is 2. The van der Waals surface area contributed by atoms with Gasteiger partial charge < -0.3 is 24.8 Å². The Balaban J connectivity index is 1.89. The predicted octanol–water partition coefficient (Wildman–Crippen LogP) is 5.45. The molecule has 0 spiro atoms. The summed E-state index contributed by atoms with van der Waals surface area (Å²) in [4.78, 5) is 52.6.